The first-order valence-electron chi connectivity index (χ1n) is 5.90. The van der Waals surface area contributed by atoms with E-state index >= 15 is 0 Å². The summed E-state index contributed by atoms with van der Waals surface area (Å²) in [7, 11) is 0. The van der Waals surface area contributed by atoms with Crippen LogP contribution < -0.4 is 11.1 Å². The molecular formula is C11H18N4O2S. The molecule has 100 valence electrons. The van der Waals surface area contributed by atoms with Crippen LogP contribution in [-0.2, 0) is 11.2 Å². The van der Waals surface area contributed by atoms with Gasteiger partial charge in [-0.25, -0.2) is 0 Å². The fourth-order valence-electron chi connectivity index (χ4n) is 1.79. The van der Waals surface area contributed by atoms with Crippen molar-refractivity contribution in [2.45, 2.75) is 33.1 Å². The Morgan fingerprint density at radius 2 is 2.22 bits per heavy atom. The van der Waals surface area contributed by atoms with Crippen molar-refractivity contribution in [3.05, 3.63) is 12.2 Å². The van der Waals surface area contributed by atoms with Crippen LogP contribution >= 0.6 is 12.2 Å². The average Bonchev–Trinajstić information content (AvgIpc) is 2.84. The number of nitrogens with one attached hydrogen (secondary N) is 1. The summed E-state index contributed by atoms with van der Waals surface area (Å²) in [6.07, 6.45) is 3.00. The number of rotatable bonds is 7. The Labute approximate surface area is 111 Å². The summed E-state index contributed by atoms with van der Waals surface area (Å²) in [6.45, 7) is 4.23. The maximum Gasteiger partial charge on any atom is 0.233 e. The van der Waals surface area contributed by atoms with Crippen LogP contribution in [0.15, 0.2) is 10.9 Å². The first-order valence-corrected chi connectivity index (χ1v) is 6.31. The van der Waals surface area contributed by atoms with Crippen molar-refractivity contribution in [2.24, 2.45) is 11.1 Å². The first kappa shape index (κ1) is 14.6. The molecule has 0 unspecified atom stereocenters. The Balaban J connectivity index is 2.55. The van der Waals surface area contributed by atoms with Crippen molar-refractivity contribution < 1.29 is 9.32 Å². The van der Waals surface area contributed by atoms with E-state index in [0.29, 0.717) is 31.7 Å². The summed E-state index contributed by atoms with van der Waals surface area (Å²) in [5, 5.41) is 6.30. The number of carbonyl (C=O) groups excluding carboxylic acids is 1. The van der Waals surface area contributed by atoms with Crippen molar-refractivity contribution in [3.63, 3.8) is 0 Å². The maximum absolute atomic E-state index is 12.2. The van der Waals surface area contributed by atoms with Crippen LogP contribution in [0.5, 0.6) is 0 Å². The maximum atomic E-state index is 12.2. The van der Waals surface area contributed by atoms with E-state index in [1.807, 2.05) is 13.8 Å². The fourth-order valence-corrected chi connectivity index (χ4v) is 2.17. The lowest BCUT2D eigenvalue weighted by Crippen LogP contribution is -2.48. The molecule has 6 nitrogen and oxygen atoms in total. The average molecular weight is 270 g/mol. The predicted molar refractivity (Wildman–Crippen MR) is 70.8 cm³/mol. The van der Waals surface area contributed by atoms with Gasteiger partial charge in [-0.05, 0) is 12.8 Å². The van der Waals surface area contributed by atoms with E-state index in [2.05, 4.69) is 15.5 Å². The summed E-state index contributed by atoms with van der Waals surface area (Å²) < 4.78 is 4.84. The smallest absolute Gasteiger partial charge is 0.233 e. The van der Waals surface area contributed by atoms with Gasteiger partial charge < -0.3 is 15.6 Å². The highest BCUT2D eigenvalue weighted by Crippen LogP contribution is 2.27. The number of hydrogen-bond donors (Lipinski definition) is 2. The van der Waals surface area contributed by atoms with Crippen LogP contribution in [0.4, 0.5) is 0 Å². The lowest BCUT2D eigenvalue weighted by Gasteiger charge is -2.28. The van der Waals surface area contributed by atoms with E-state index in [1.54, 1.807) is 0 Å². The minimum Gasteiger partial charge on any atom is -0.392 e. The number of aromatic nitrogens is 2. The summed E-state index contributed by atoms with van der Waals surface area (Å²) in [6, 6.07) is 0. The molecule has 0 radical (unpaired) electrons. The van der Waals surface area contributed by atoms with Gasteiger partial charge in [-0.3, -0.25) is 4.79 Å². The number of nitrogens with zero attached hydrogens (tertiary/aromatic N) is 2. The van der Waals surface area contributed by atoms with Gasteiger partial charge in [0.2, 0.25) is 11.8 Å². The van der Waals surface area contributed by atoms with Crippen LogP contribution in [0.3, 0.4) is 0 Å². The highest BCUT2D eigenvalue weighted by Gasteiger charge is 2.37. The minimum absolute atomic E-state index is 0.139. The molecule has 0 aromatic carbocycles. The van der Waals surface area contributed by atoms with Gasteiger partial charge in [-0.2, -0.15) is 4.98 Å². The number of carbonyl (C=O) groups is 1. The second kappa shape index (κ2) is 6.44. The standard InChI is InChI=1S/C11H18N4O2S/c1-3-11(4-2,9(12)18)10(16)13-6-5-8-14-7-15-17-8/h7H,3-6H2,1-2H3,(H2,12,18)(H,13,16). The Bertz CT molecular complexity index is 401. The molecule has 0 fully saturated rings. The Morgan fingerprint density at radius 3 is 2.67 bits per heavy atom. The van der Waals surface area contributed by atoms with Crippen LogP contribution in [-0.4, -0.2) is 27.6 Å². The highest BCUT2D eigenvalue weighted by molar-refractivity contribution is 7.80. The minimum atomic E-state index is -0.760. The molecule has 0 aliphatic heterocycles. The second-order valence-corrected chi connectivity index (χ2v) is 4.43. The van der Waals surface area contributed by atoms with Crippen molar-refractivity contribution in [1.29, 1.82) is 0 Å². The lowest BCUT2D eigenvalue weighted by molar-refractivity contribution is -0.127. The summed E-state index contributed by atoms with van der Waals surface area (Å²) in [5.74, 6) is 0.351. The molecule has 3 N–H and O–H groups in total. The van der Waals surface area contributed by atoms with E-state index in [1.165, 1.54) is 6.33 Å². The number of nitrogens with two attached hydrogens (primary N) is 1. The largest absolute Gasteiger partial charge is 0.392 e. The van der Waals surface area contributed by atoms with Gasteiger partial charge in [0.15, 0.2) is 6.33 Å². The fraction of sp³-hybridized carbons (Fsp3) is 0.636. The molecule has 7 heteroatoms. The first-order chi connectivity index (χ1) is 8.56. The Morgan fingerprint density at radius 1 is 1.56 bits per heavy atom. The topological polar surface area (TPSA) is 94.0 Å². The monoisotopic (exact) mass is 270 g/mol. The van der Waals surface area contributed by atoms with Gasteiger partial charge in [-0.15, -0.1) is 0 Å². The zero-order valence-corrected chi connectivity index (χ0v) is 11.4. The van der Waals surface area contributed by atoms with E-state index in [-0.39, 0.29) is 10.9 Å². The number of hydrogen-bond acceptors (Lipinski definition) is 5. The zero-order chi connectivity index (χ0) is 13.6. The summed E-state index contributed by atoms with van der Waals surface area (Å²) in [5.41, 5.74) is 4.93. The van der Waals surface area contributed by atoms with Gasteiger partial charge in [0.05, 0.1) is 10.4 Å². The van der Waals surface area contributed by atoms with E-state index in [4.69, 9.17) is 22.5 Å². The molecule has 0 spiro atoms. The van der Waals surface area contributed by atoms with Crippen LogP contribution in [0, 0.1) is 5.41 Å². The third-order valence-corrected chi connectivity index (χ3v) is 3.54. The molecule has 0 aliphatic rings. The van der Waals surface area contributed by atoms with Crippen molar-refractivity contribution in [1.82, 2.24) is 15.5 Å². The van der Waals surface area contributed by atoms with Crippen LogP contribution in [0.25, 0.3) is 0 Å². The van der Waals surface area contributed by atoms with Crippen LogP contribution in [0.2, 0.25) is 0 Å². The van der Waals surface area contributed by atoms with Gasteiger partial charge in [0.25, 0.3) is 0 Å². The molecule has 0 bridgehead atoms. The van der Waals surface area contributed by atoms with E-state index < -0.39 is 5.41 Å². The second-order valence-electron chi connectivity index (χ2n) is 3.99. The molecule has 0 atom stereocenters. The Hall–Kier alpha value is -1.50. The summed E-state index contributed by atoms with van der Waals surface area (Å²) >= 11 is 5.01. The summed E-state index contributed by atoms with van der Waals surface area (Å²) in [4.78, 5) is 16.3. The highest BCUT2D eigenvalue weighted by atomic mass is 32.1. The van der Waals surface area contributed by atoms with Gasteiger partial charge in [0.1, 0.15) is 0 Å². The Kier molecular flexibility index (Phi) is 5.21. The third kappa shape index (κ3) is 3.04. The van der Waals surface area contributed by atoms with Gasteiger partial charge >= 0.3 is 0 Å². The van der Waals surface area contributed by atoms with Crippen molar-refractivity contribution >= 4 is 23.1 Å². The van der Waals surface area contributed by atoms with Crippen molar-refractivity contribution in [3.8, 4) is 0 Å². The predicted octanol–water partition coefficient (Wildman–Crippen LogP) is 0.821. The van der Waals surface area contributed by atoms with Crippen molar-refractivity contribution in [2.75, 3.05) is 6.54 Å². The third-order valence-electron chi connectivity index (χ3n) is 3.14. The molecule has 1 aromatic heterocycles. The molecule has 18 heavy (non-hydrogen) atoms. The SMILES string of the molecule is CCC(CC)(C(=O)NCCc1ncno1)C(N)=S. The van der Waals surface area contributed by atoms with E-state index in [9.17, 15) is 4.79 Å². The zero-order valence-electron chi connectivity index (χ0n) is 10.6. The normalized spacial score (nSPS) is 11.2. The molecule has 1 amide bonds. The molecule has 1 heterocycles. The molecule has 1 rings (SSSR count). The van der Waals surface area contributed by atoms with Crippen LogP contribution in [0.1, 0.15) is 32.6 Å². The van der Waals surface area contributed by atoms with Gasteiger partial charge in [-0.1, -0.05) is 31.2 Å². The van der Waals surface area contributed by atoms with Gasteiger partial charge in [0, 0.05) is 13.0 Å². The molecule has 1 aromatic rings. The van der Waals surface area contributed by atoms with E-state index in [0.717, 1.165) is 0 Å². The molecule has 0 saturated carbocycles. The quantitative estimate of drug-likeness (QED) is 0.712. The number of thiocarbonyl (C=S) groups is 1. The molecular weight excluding hydrogens is 252 g/mol. The number of amides is 1. The molecule has 0 saturated heterocycles. The molecule has 0 aliphatic carbocycles. The lowest BCUT2D eigenvalue weighted by atomic mass is 9.81.